The lowest BCUT2D eigenvalue weighted by atomic mass is 10.1. The van der Waals surface area contributed by atoms with E-state index in [1.807, 2.05) is 30.3 Å². The highest BCUT2D eigenvalue weighted by Gasteiger charge is 2.25. The van der Waals surface area contributed by atoms with Crippen LogP contribution in [-0.4, -0.2) is 30.0 Å². The standard InChI is InChI=1S/C15H22N2OS/c1-19-14(13-8-5-9-16-13)10-15(18)17-11-12-6-3-2-4-7-12/h2-4,6-7,13-14,16H,5,8-11H2,1H3,(H,17,18). The lowest BCUT2D eigenvalue weighted by Crippen LogP contribution is -2.36. The second-order valence-electron chi connectivity index (χ2n) is 4.94. The van der Waals surface area contributed by atoms with Gasteiger partial charge in [0.15, 0.2) is 0 Å². The van der Waals surface area contributed by atoms with Crippen LogP contribution in [-0.2, 0) is 11.3 Å². The van der Waals surface area contributed by atoms with E-state index in [9.17, 15) is 4.79 Å². The van der Waals surface area contributed by atoms with E-state index in [4.69, 9.17) is 0 Å². The molecule has 3 nitrogen and oxygen atoms in total. The van der Waals surface area contributed by atoms with E-state index >= 15 is 0 Å². The largest absolute Gasteiger partial charge is 0.352 e. The molecule has 2 rings (SSSR count). The molecule has 1 aromatic rings. The second kappa shape index (κ2) is 7.56. The first kappa shape index (κ1) is 14.4. The summed E-state index contributed by atoms with van der Waals surface area (Å²) in [6.07, 6.45) is 5.12. The van der Waals surface area contributed by atoms with Crippen molar-refractivity contribution in [2.45, 2.75) is 37.1 Å². The zero-order valence-electron chi connectivity index (χ0n) is 11.4. The number of carbonyl (C=O) groups excluding carboxylic acids is 1. The number of amides is 1. The fourth-order valence-corrected chi connectivity index (χ4v) is 3.35. The monoisotopic (exact) mass is 278 g/mol. The third-order valence-corrected chi connectivity index (χ3v) is 4.67. The number of carbonyl (C=O) groups is 1. The molecule has 1 aliphatic rings. The highest BCUT2D eigenvalue weighted by atomic mass is 32.2. The summed E-state index contributed by atoms with van der Waals surface area (Å²) < 4.78 is 0. The third kappa shape index (κ3) is 4.55. The Morgan fingerprint density at radius 3 is 2.89 bits per heavy atom. The van der Waals surface area contributed by atoms with Crippen LogP contribution >= 0.6 is 11.8 Å². The van der Waals surface area contributed by atoms with Gasteiger partial charge in [0.05, 0.1) is 0 Å². The van der Waals surface area contributed by atoms with Crippen molar-refractivity contribution < 1.29 is 4.79 Å². The van der Waals surface area contributed by atoms with Crippen LogP contribution in [0.3, 0.4) is 0 Å². The molecule has 0 bridgehead atoms. The van der Waals surface area contributed by atoms with E-state index in [0.29, 0.717) is 24.3 Å². The van der Waals surface area contributed by atoms with Crippen molar-refractivity contribution in [3.8, 4) is 0 Å². The van der Waals surface area contributed by atoms with Gasteiger partial charge in [-0.1, -0.05) is 30.3 Å². The van der Waals surface area contributed by atoms with Crippen LogP contribution < -0.4 is 10.6 Å². The molecule has 104 valence electrons. The van der Waals surface area contributed by atoms with Gasteiger partial charge in [-0.05, 0) is 31.2 Å². The zero-order valence-corrected chi connectivity index (χ0v) is 12.2. The number of thioether (sulfide) groups is 1. The average molecular weight is 278 g/mol. The zero-order chi connectivity index (χ0) is 13.5. The molecule has 1 aliphatic heterocycles. The van der Waals surface area contributed by atoms with Crippen molar-refractivity contribution in [1.82, 2.24) is 10.6 Å². The SMILES string of the molecule is CSC(CC(=O)NCc1ccccc1)C1CCCN1. The van der Waals surface area contributed by atoms with Gasteiger partial charge in [-0.25, -0.2) is 0 Å². The van der Waals surface area contributed by atoms with Crippen LogP contribution in [0.4, 0.5) is 0 Å². The maximum atomic E-state index is 12.0. The summed E-state index contributed by atoms with van der Waals surface area (Å²) in [5, 5.41) is 6.88. The Morgan fingerprint density at radius 2 is 2.26 bits per heavy atom. The first-order valence-electron chi connectivity index (χ1n) is 6.86. The molecule has 0 saturated carbocycles. The van der Waals surface area contributed by atoms with Gasteiger partial charge in [0.25, 0.3) is 0 Å². The highest BCUT2D eigenvalue weighted by Crippen LogP contribution is 2.21. The van der Waals surface area contributed by atoms with Gasteiger partial charge >= 0.3 is 0 Å². The van der Waals surface area contributed by atoms with E-state index in [2.05, 4.69) is 16.9 Å². The normalized spacial score (nSPS) is 20.2. The van der Waals surface area contributed by atoms with Crippen LogP contribution in [0.1, 0.15) is 24.8 Å². The molecule has 2 N–H and O–H groups in total. The third-order valence-electron chi connectivity index (χ3n) is 3.57. The van der Waals surface area contributed by atoms with E-state index in [0.717, 1.165) is 12.1 Å². The minimum absolute atomic E-state index is 0.150. The van der Waals surface area contributed by atoms with Crippen molar-refractivity contribution in [3.63, 3.8) is 0 Å². The summed E-state index contributed by atoms with van der Waals surface area (Å²) in [6.45, 7) is 1.71. The Hall–Kier alpha value is -1.00. The second-order valence-corrected chi connectivity index (χ2v) is 6.02. The number of hydrogen-bond acceptors (Lipinski definition) is 3. The molecule has 1 heterocycles. The van der Waals surface area contributed by atoms with Gasteiger partial charge in [-0.2, -0.15) is 11.8 Å². The van der Waals surface area contributed by atoms with E-state index in [1.54, 1.807) is 11.8 Å². The summed E-state index contributed by atoms with van der Waals surface area (Å²) in [5.74, 6) is 0.150. The molecular weight excluding hydrogens is 256 g/mol. The first-order chi connectivity index (χ1) is 9.29. The summed E-state index contributed by atoms with van der Waals surface area (Å²) >= 11 is 1.79. The molecule has 1 amide bonds. The van der Waals surface area contributed by atoms with Gasteiger partial charge in [-0.15, -0.1) is 0 Å². The molecule has 1 aromatic carbocycles. The Bertz CT molecular complexity index is 390. The molecule has 2 atom stereocenters. The van der Waals surface area contributed by atoms with Gasteiger partial charge in [0.2, 0.25) is 5.91 Å². The molecule has 1 fully saturated rings. The fraction of sp³-hybridized carbons (Fsp3) is 0.533. The Balaban J connectivity index is 1.76. The van der Waals surface area contributed by atoms with Gasteiger partial charge in [-0.3, -0.25) is 4.79 Å². The first-order valence-corrected chi connectivity index (χ1v) is 8.15. The van der Waals surface area contributed by atoms with E-state index < -0.39 is 0 Å². The molecule has 2 unspecified atom stereocenters. The number of rotatable bonds is 6. The molecule has 4 heteroatoms. The molecule has 0 aliphatic carbocycles. The Labute approximate surface area is 119 Å². The topological polar surface area (TPSA) is 41.1 Å². The average Bonchev–Trinajstić information content (AvgIpc) is 2.97. The molecule has 0 aromatic heterocycles. The molecule has 19 heavy (non-hydrogen) atoms. The molecule has 0 spiro atoms. The predicted octanol–water partition coefficient (Wildman–Crippen LogP) is 2.18. The van der Waals surface area contributed by atoms with Crippen LogP contribution in [0, 0.1) is 0 Å². The van der Waals surface area contributed by atoms with Crippen LogP contribution in [0.15, 0.2) is 30.3 Å². The van der Waals surface area contributed by atoms with Crippen LogP contribution in [0.5, 0.6) is 0 Å². The Kier molecular flexibility index (Phi) is 5.73. The predicted molar refractivity (Wildman–Crippen MR) is 81.2 cm³/mol. The molecule has 0 radical (unpaired) electrons. The number of nitrogens with one attached hydrogen (secondary N) is 2. The quantitative estimate of drug-likeness (QED) is 0.838. The van der Waals surface area contributed by atoms with Crippen molar-refractivity contribution in [3.05, 3.63) is 35.9 Å². The number of benzene rings is 1. The molecular formula is C15H22N2OS. The summed E-state index contributed by atoms with van der Waals surface area (Å²) in [4.78, 5) is 12.0. The van der Waals surface area contributed by atoms with Crippen LogP contribution in [0.25, 0.3) is 0 Å². The minimum atomic E-state index is 0.150. The summed E-state index contributed by atoms with van der Waals surface area (Å²) in [7, 11) is 0. The lowest BCUT2D eigenvalue weighted by Gasteiger charge is -2.21. The maximum absolute atomic E-state index is 12.0. The lowest BCUT2D eigenvalue weighted by molar-refractivity contribution is -0.121. The highest BCUT2D eigenvalue weighted by molar-refractivity contribution is 7.99. The maximum Gasteiger partial charge on any atom is 0.221 e. The smallest absolute Gasteiger partial charge is 0.221 e. The summed E-state index contributed by atoms with van der Waals surface area (Å²) in [6, 6.07) is 10.5. The Morgan fingerprint density at radius 1 is 1.47 bits per heavy atom. The van der Waals surface area contributed by atoms with E-state index in [-0.39, 0.29) is 5.91 Å². The van der Waals surface area contributed by atoms with E-state index in [1.165, 1.54) is 12.8 Å². The number of hydrogen-bond donors (Lipinski definition) is 2. The van der Waals surface area contributed by atoms with Gasteiger partial charge in [0, 0.05) is 24.3 Å². The van der Waals surface area contributed by atoms with Crippen molar-refractivity contribution >= 4 is 17.7 Å². The van der Waals surface area contributed by atoms with Gasteiger partial charge < -0.3 is 10.6 Å². The van der Waals surface area contributed by atoms with Crippen LogP contribution in [0.2, 0.25) is 0 Å². The summed E-state index contributed by atoms with van der Waals surface area (Å²) in [5.41, 5.74) is 1.15. The molecule has 1 saturated heterocycles. The van der Waals surface area contributed by atoms with Crippen molar-refractivity contribution in [1.29, 1.82) is 0 Å². The fourth-order valence-electron chi connectivity index (χ4n) is 2.47. The van der Waals surface area contributed by atoms with Gasteiger partial charge in [0.1, 0.15) is 0 Å². The van der Waals surface area contributed by atoms with Crippen molar-refractivity contribution in [2.75, 3.05) is 12.8 Å². The minimum Gasteiger partial charge on any atom is -0.352 e. The van der Waals surface area contributed by atoms with Crippen molar-refractivity contribution in [2.24, 2.45) is 0 Å².